The predicted molar refractivity (Wildman–Crippen MR) is 152 cm³/mol. The molecule has 210 valence electrons. The molecule has 3 N–H and O–H groups in total. The van der Waals surface area contributed by atoms with Crippen LogP contribution in [0, 0.1) is 0 Å². The van der Waals surface area contributed by atoms with E-state index in [1.807, 2.05) is 18.2 Å². The average molecular weight is 590 g/mol. The van der Waals surface area contributed by atoms with Crippen molar-refractivity contribution >= 4 is 63.0 Å². The van der Waals surface area contributed by atoms with Crippen molar-refractivity contribution < 1.29 is 22.8 Å². The first-order chi connectivity index (χ1) is 19.1. The highest BCUT2D eigenvalue weighted by atomic mass is 35.5. The van der Waals surface area contributed by atoms with Crippen LogP contribution in [0.4, 0.5) is 24.5 Å². The van der Waals surface area contributed by atoms with Crippen LogP contribution in [0.5, 0.6) is 0 Å². The normalized spacial score (nSPS) is 21.4. The molecule has 1 saturated heterocycles. The van der Waals surface area contributed by atoms with Crippen LogP contribution in [-0.4, -0.2) is 40.0 Å². The Hall–Kier alpha value is -3.44. The van der Waals surface area contributed by atoms with Crippen LogP contribution in [0.15, 0.2) is 54.6 Å². The number of halogens is 4. The number of anilines is 2. The highest BCUT2D eigenvalue weighted by Gasteiger charge is 2.37. The summed E-state index contributed by atoms with van der Waals surface area (Å²) < 4.78 is 40.3. The molecule has 1 aliphatic heterocycles. The number of amides is 2. The number of benzene rings is 2. The maximum absolute atomic E-state index is 13.4. The highest BCUT2D eigenvalue weighted by molar-refractivity contribution is 7.80. The predicted octanol–water partition coefficient (Wildman–Crippen LogP) is 5.82. The van der Waals surface area contributed by atoms with Crippen LogP contribution < -0.4 is 20.9 Å². The number of aromatic nitrogens is 1. The van der Waals surface area contributed by atoms with Gasteiger partial charge in [-0.3, -0.25) is 14.5 Å². The molecule has 40 heavy (non-hydrogen) atoms. The number of carbonyl (C=O) groups is 2. The van der Waals surface area contributed by atoms with E-state index < -0.39 is 17.9 Å². The van der Waals surface area contributed by atoms with Gasteiger partial charge in [0, 0.05) is 34.6 Å². The number of carbonyl (C=O) groups excluding carboxylic acids is 2. The molecule has 1 atom stereocenters. The van der Waals surface area contributed by atoms with E-state index in [0.717, 1.165) is 6.07 Å². The van der Waals surface area contributed by atoms with Gasteiger partial charge in [0.15, 0.2) is 5.11 Å². The van der Waals surface area contributed by atoms with E-state index in [4.69, 9.17) is 23.8 Å². The van der Waals surface area contributed by atoms with Crippen LogP contribution in [0.1, 0.15) is 44.2 Å². The SMILES string of the molecule is O=C(CCC1NC(=S)N(c2ccccc2)C1=O)NC1CCC(Nc2cc(C(F)(F)F)nc3ccc(Cl)cc23)CC1. The minimum atomic E-state index is -4.57. The Bertz CT molecular complexity index is 1430. The Balaban J connectivity index is 1.13. The fourth-order valence-corrected chi connectivity index (χ4v) is 5.70. The quantitative estimate of drug-likeness (QED) is 0.301. The van der Waals surface area contributed by atoms with Gasteiger partial charge < -0.3 is 16.0 Å². The van der Waals surface area contributed by atoms with E-state index >= 15 is 0 Å². The van der Waals surface area contributed by atoms with Crippen LogP contribution in [0.25, 0.3) is 10.9 Å². The van der Waals surface area contributed by atoms with E-state index in [-0.39, 0.29) is 35.8 Å². The summed E-state index contributed by atoms with van der Waals surface area (Å²) in [5.41, 5.74) is 0.266. The first-order valence-corrected chi connectivity index (χ1v) is 13.8. The smallest absolute Gasteiger partial charge is 0.382 e. The molecule has 12 heteroatoms. The second-order valence-electron chi connectivity index (χ2n) is 10.0. The van der Waals surface area contributed by atoms with Crippen molar-refractivity contribution in [2.75, 3.05) is 10.2 Å². The highest BCUT2D eigenvalue weighted by Crippen LogP contribution is 2.35. The third-order valence-corrected chi connectivity index (χ3v) is 7.74. The van der Waals surface area contributed by atoms with Crippen LogP contribution in [-0.2, 0) is 15.8 Å². The molecule has 0 radical (unpaired) electrons. The van der Waals surface area contributed by atoms with Gasteiger partial charge in [0.1, 0.15) is 11.7 Å². The zero-order valence-electron chi connectivity index (χ0n) is 21.3. The third-order valence-electron chi connectivity index (χ3n) is 7.21. The number of alkyl halides is 3. The van der Waals surface area contributed by atoms with Crippen LogP contribution in [0.2, 0.25) is 5.02 Å². The molecule has 1 aromatic heterocycles. The van der Waals surface area contributed by atoms with E-state index in [2.05, 4.69) is 20.9 Å². The number of rotatable bonds is 7. The van der Waals surface area contributed by atoms with Gasteiger partial charge in [0.25, 0.3) is 5.91 Å². The lowest BCUT2D eigenvalue weighted by Crippen LogP contribution is -2.41. The van der Waals surface area contributed by atoms with Gasteiger partial charge in [0.2, 0.25) is 5.91 Å². The van der Waals surface area contributed by atoms with E-state index in [1.165, 1.54) is 17.0 Å². The second kappa shape index (κ2) is 11.6. The van der Waals surface area contributed by atoms with E-state index in [1.54, 1.807) is 18.2 Å². The largest absolute Gasteiger partial charge is 0.433 e. The Morgan fingerprint density at radius 2 is 1.77 bits per heavy atom. The van der Waals surface area contributed by atoms with Crippen molar-refractivity contribution in [3.05, 3.63) is 65.3 Å². The molecule has 2 aromatic carbocycles. The Morgan fingerprint density at radius 3 is 2.48 bits per heavy atom. The number of hydrogen-bond acceptors (Lipinski definition) is 5. The fourth-order valence-electron chi connectivity index (χ4n) is 5.19. The van der Waals surface area contributed by atoms with Crippen LogP contribution in [0.3, 0.4) is 0 Å². The summed E-state index contributed by atoms with van der Waals surface area (Å²) in [5, 5.41) is 10.5. The van der Waals surface area contributed by atoms with Crippen molar-refractivity contribution in [3.8, 4) is 0 Å². The van der Waals surface area contributed by atoms with Crippen molar-refractivity contribution in [2.24, 2.45) is 0 Å². The number of pyridine rings is 1. The Morgan fingerprint density at radius 1 is 1.07 bits per heavy atom. The monoisotopic (exact) mass is 589 g/mol. The summed E-state index contributed by atoms with van der Waals surface area (Å²) in [6, 6.07) is 14.0. The summed E-state index contributed by atoms with van der Waals surface area (Å²) in [6.45, 7) is 0. The zero-order chi connectivity index (χ0) is 28.4. The minimum Gasteiger partial charge on any atom is -0.382 e. The minimum absolute atomic E-state index is 0.0472. The molecule has 2 amide bonds. The first kappa shape index (κ1) is 28.1. The summed E-state index contributed by atoms with van der Waals surface area (Å²) in [5.74, 6) is -0.339. The zero-order valence-corrected chi connectivity index (χ0v) is 22.9. The maximum Gasteiger partial charge on any atom is 0.433 e. The molecule has 7 nitrogen and oxygen atoms in total. The Labute approximate surface area is 239 Å². The average Bonchev–Trinajstić information content (AvgIpc) is 3.21. The number of fused-ring (bicyclic) bond motifs is 1. The molecular formula is C28H27ClF3N5O2S. The Kier molecular flexibility index (Phi) is 8.14. The van der Waals surface area contributed by atoms with E-state index in [9.17, 15) is 22.8 Å². The molecule has 2 heterocycles. The van der Waals surface area contributed by atoms with Crippen molar-refractivity contribution in [3.63, 3.8) is 0 Å². The molecule has 1 saturated carbocycles. The lowest BCUT2D eigenvalue weighted by atomic mass is 9.90. The van der Waals surface area contributed by atoms with Crippen molar-refractivity contribution in [1.82, 2.24) is 15.6 Å². The molecule has 1 aliphatic carbocycles. The molecule has 3 aromatic rings. The van der Waals surface area contributed by atoms with Crippen molar-refractivity contribution in [2.45, 2.75) is 62.8 Å². The molecule has 0 bridgehead atoms. The number of thiocarbonyl (C=S) groups is 1. The summed E-state index contributed by atoms with van der Waals surface area (Å²) in [7, 11) is 0. The van der Waals surface area contributed by atoms with Gasteiger partial charge in [-0.25, -0.2) is 4.98 Å². The standard InChI is InChI=1S/C28H27ClF3N5O2S/c29-16-6-11-21-20(14-16)23(15-24(35-21)28(30,31)32)33-17-7-9-18(10-8-17)34-25(38)13-12-22-26(39)37(27(40)36-22)19-4-2-1-3-5-19/h1-6,11,14-15,17-18,22H,7-10,12-13H2,(H,33,35)(H,34,38)(H,36,40). The molecular weight excluding hydrogens is 563 g/mol. The second-order valence-corrected chi connectivity index (χ2v) is 10.8. The fraction of sp³-hybridized carbons (Fsp3) is 0.357. The number of para-hydroxylation sites is 1. The lowest BCUT2D eigenvalue weighted by Gasteiger charge is -2.31. The van der Waals surface area contributed by atoms with Gasteiger partial charge in [-0.15, -0.1) is 0 Å². The van der Waals surface area contributed by atoms with Gasteiger partial charge >= 0.3 is 6.18 Å². The van der Waals surface area contributed by atoms with Gasteiger partial charge in [0.05, 0.1) is 11.2 Å². The first-order valence-electron chi connectivity index (χ1n) is 13.0. The molecule has 2 fully saturated rings. The topological polar surface area (TPSA) is 86.4 Å². The van der Waals surface area contributed by atoms with Crippen LogP contribution >= 0.6 is 23.8 Å². The van der Waals surface area contributed by atoms with Crippen molar-refractivity contribution in [1.29, 1.82) is 0 Å². The molecule has 1 unspecified atom stereocenters. The summed E-state index contributed by atoms with van der Waals surface area (Å²) in [6.07, 6.45) is -1.42. The van der Waals surface area contributed by atoms with Gasteiger partial charge in [-0.05, 0) is 80.7 Å². The molecule has 0 spiro atoms. The van der Waals surface area contributed by atoms with Gasteiger partial charge in [-0.1, -0.05) is 29.8 Å². The maximum atomic E-state index is 13.4. The number of nitrogens with one attached hydrogen (secondary N) is 3. The summed E-state index contributed by atoms with van der Waals surface area (Å²) >= 11 is 11.4. The lowest BCUT2D eigenvalue weighted by molar-refractivity contribution is -0.141. The van der Waals surface area contributed by atoms with Gasteiger partial charge in [-0.2, -0.15) is 13.2 Å². The third kappa shape index (κ3) is 6.31. The van der Waals surface area contributed by atoms with E-state index in [0.29, 0.717) is 59.0 Å². The molecule has 2 aliphatic rings. The molecule has 5 rings (SSSR count). The number of hydrogen-bond donors (Lipinski definition) is 3. The number of nitrogens with zero attached hydrogens (tertiary/aromatic N) is 2. The summed E-state index contributed by atoms with van der Waals surface area (Å²) in [4.78, 5) is 30.7.